The molecule has 2 unspecified atom stereocenters. The molecule has 0 spiro atoms. The maximum absolute atomic E-state index is 13.2. The van der Waals surface area contributed by atoms with Crippen LogP contribution in [0.25, 0.3) is 11.0 Å². The van der Waals surface area contributed by atoms with Gasteiger partial charge < -0.3 is 14.3 Å². The molecule has 1 heterocycles. The van der Waals surface area contributed by atoms with E-state index in [4.69, 9.17) is 9.15 Å². The summed E-state index contributed by atoms with van der Waals surface area (Å²) in [5.41, 5.74) is 2.30. The minimum Gasteiger partial charge on any atom is -0.494 e. The number of rotatable bonds is 7. The fourth-order valence-corrected chi connectivity index (χ4v) is 4.02. The van der Waals surface area contributed by atoms with Crippen molar-refractivity contribution in [1.29, 1.82) is 0 Å². The second-order valence-corrected chi connectivity index (χ2v) is 7.49. The molecule has 5 nitrogen and oxygen atoms in total. The summed E-state index contributed by atoms with van der Waals surface area (Å²) in [5, 5.41) is 9.58. The minimum absolute atomic E-state index is 0.0945. The summed E-state index contributed by atoms with van der Waals surface area (Å²) in [6.07, 6.45) is 2.36. The molecule has 1 aliphatic carbocycles. The molecule has 4 rings (SSSR count). The first-order valence-electron chi connectivity index (χ1n) is 10.1. The van der Waals surface area contributed by atoms with Crippen molar-refractivity contribution < 1.29 is 19.1 Å². The van der Waals surface area contributed by atoms with Crippen LogP contribution in [-0.2, 0) is 6.42 Å². The lowest BCUT2D eigenvalue weighted by Gasteiger charge is -2.10. The van der Waals surface area contributed by atoms with Gasteiger partial charge in [0.25, 0.3) is 0 Å². The third-order valence-corrected chi connectivity index (χ3v) is 5.49. The molecule has 0 bridgehead atoms. The van der Waals surface area contributed by atoms with E-state index in [0.29, 0.717) is 35.5 Å². The van der Waals surface area contributed by atoms with Crippen molar-refractivity contribution in [2.75, 3.05) is 6.61 Å². The Morgan fingerprint density at radius 2 is 2.00 bits per heavy atom. The zero-order valence-electron chi connectivity index (χ0n) is 16.6. The molecule has 1 N–H and O–H groups in total. The largest absolute Gasteiger partial charge is 0.494 e. The predicted molar refractivity (Wildman–Crippen MR) is 111 cm³/mol. The number of benzene rings is 2. The molecule has 0 saturated heterocycles. The predicted octanol–water partition coefficient (Wildman–Crippen LogP) is 5.11. The van der Waals surface area contributed by atoms with Gasteiger partial charge in [0.1, 0.15) is 17.1 Å². The smallest absolute Gasteiger partial charge is 0.335 e. The highest BCUT2D eigenvalue weighted by Gasteiger charge is 2.43. The van der Waals surface area contributed by atoms with E-state index in [9.17, 15) is 14.7 Å². The summed E-state index contributed by atoms with van der Waals surface area (Å²) < 4.78 is 11.8. The lowest BCUT2D eigenvalue weighted by Crippen LogP contribution is -2.13. The second kappa shape index (κ2) is 7.74. The summed E-state index contributed by atoms with van der Waals surface area (Å²) in [4.78, 5) is 24.4. The Hall–Kier alpha value is -3.08. The van der Waals surface area contributed by atoms with Gasteiger partial charge in [-0.2, -0.15) is 0 Å². The number of carboxylic acids is 1. The van der Waals surface area contributed by atoms with E-state index in [1.165, 1.54) is 17.7 Å². The van der Waals surface area contributed by atoms with Crippen LogP contribution in [0.15, 0.2) is 51.7 Å². The number of carbonyl (C=O) groups is 1. The van der Waals surface area contributed by atoms with Gasteiger partial charge in [0, 0.05) is 11.5 Å². The third kappa shape index (κ3) is 3.65. The van der Waals surface area contributed by atoms with Gasteiger partial charge >= 0.3 is 5.97 Å². The van der Waals surface area contributed by atoms with Gasteiger partial charge in [-0.25, -0.2) is 4.79 Å². The Kier molecular flexibility index (Phi) is 5.14. The van der Waals surface area contributed by atoms with E-state index < -0.39 is 5.97 Å². The van der Waals surface area contributed by atoms with Crippen LogP contribution in [0, 0.1) is 0 Å². The number of aromatic carboxylic acids is 1. The second-order valence-electron chi connectivity index (χ2n) is 7.49. The van der Waals surface area contributed by atoms with E-state index >= 15 is 0 Å². The van der Waals surface area contributed by atoms with Gasteiger partial charge in [0.15, 0.2) is 5.43 Å². The third-order valence-electron chi connectivity index (χ3n) is 5.49. The molecule has 150 valence electrons. The monoisotopic (exact) mass is 392 g/mol. The number of hydrogen-bond donors (Lipinski definition) is 1. The number of carboxylic acid groups (broad SMARTS) is 1. The van der Waals surface area contributed by atoms with E-state index in [0.717, 1.165) is 24.4 Å². The van der Waals surface area contributed by atoms with Gasteiger partial charge in [0.05, 0.1) is 17.6 Å². The highest BCUT2D eigenvalue weighted by Crippen LogP contribution is 2.55. The first kappa shape index (κ1) is 19.2. The number of fused-ring (bicyclic) bond motifs is 1. The molecular formula is C24H24O5. The van der Waals surface area contributed by atoms with Gasteiger partial charge in [-0.3, -0.25) is 4.79 Å². The van der Waals surface area contributed by atoms with Gasteiger partial charge in [0.2, 0.25) is 0 Å². The average molecular weight is 392 g/mol. The fourth-order valence-electron chi connectivity index (χ4n) is 4.02. The van der Waals surface area contributed by atoms with Crippen LogP contribution in [0.2, 0.25) is 0 Å². The van der Waals surface area contributed by atoms with Gasteiger partial charge in [-0.1, -0.05) is 25.5 Å². The molecule has 0 aliphatic heterocycles. The van der Waals surface area contributed by atoms with Crippen molar-refractivity contribution in [1.82, 2.24) is 0 Å². The molecule has 2 atom stereocenters. The molecule has 0 amide bonds. The molecule has 29 heavy (non-hydrogen) atoms. The molecule has 5 heteroatoms. The maximum Gasteiger partial charge on any atom is 0.335 e. The highest BCUT2D eigenvalue weighted by atomic mass is 16.5. The average Bonchev–Trinajstić information content (AvgIpc) is 3.51. The Labute approximate surface area is 168 Å². The zero-order chi connectivity index (χ0) is 20.5. The SMILES string of the molecule is CCCc1c(C2CC2c2cccc(OCC)c2)oc2ccc(C(=O)O)cc2c1=O. The quantitative estimate of drug-likeness (QED) is 0.604. The molecular weight excluding hydrogens is 368 g/mol. The summed E-state index contributed by atoms with van der Waals surface area (Å²) >= 11 is 0. The van der Waals surface area contributed by atoms with Crippen LogP contribution in [0.3, 0.4) is 0 Å². The van der Waals surface area contributed by atoms with Crippen LogP contribution < -0.4 is 10.2 Å². The molecule has 3 aromatic rings. The Balaban J connectivity index is 1.75. The molecule has 1 aromatic heterocycles. The van der Waals surface area contributed by atoms with Crippen LogP contribution in [0.4, 0.5) is 0 Å². The summed E-state index contributed by atoms with van der Waals surface area (Å²) in [7, 11) is 0. The van der Waals surface area contributed by atoms with E-state index in [-0.39, 0.29) is 16.9 Å². The molecule has 1 fully saturated rings. The first-order valence-corrected chi connectivity index (χ1v) is 10.1. The van der Waals surface area contributed by atoms with Crippen molar-refractivity contribution >= 4 is 16.9 Å². The van der Waals surface area contributed by atoms with Crippen molar-refractivity contribution in [3.05, 3.63) is 75.1 Å². The van der Waals surface area contributed by atoms with Crippen molar-refractivity contribution in [2.45, 2.75) is 44.9 Å². The lowest BCUT2D eigenvalue weighted by molar-refractivity contribution is 0.0697. The van der Waals surface area contributed by atoms with Crippen molar-refractivity contribution in [3.8, 4) is 5.75 Å². The van der Waals surface area contributed by atoms with Crippen LogP contribution >= 0.6 is 0 Å². The van der Waals surface area contributed by atoms with Crippen LogP contribution in [0.1, 0.15) is 65.8 Å². The Morgan fingerprint density at radius 1 is 1.17 bits per heavy atom. The van der Waals surface area contributed by atoms with Crippen LogP contribution in [-0.4, -0.2) is 17.7 Å². The van der Waals surface area contributed by atoms with Gasteiger partial charge in [-0.05, 0) is 61.6 Å². The molecule has 1 aliphatic rings. The Bertz CT molecular complexity index is 1130. The lowest BCUT2D eigenvalue weighted by atomic mass is 10.00. The highest BCUT2D eigenvalue weighted by molar-refractivity contribution is 5.92. The molecule has 1 saturated carbocycles. The van der Waals surface area contributed by atoms with E-state index in [1.54, 1.807) is 6.07 Å². The topological polar surface area (TPSA) is 76.7 Å². The summed E-state index contributed by atoms with van der Waals surface area (Å²) in [5.74, 6) is 1.00. The minimum atomic E-state index is -1.05. The maximum atomic E-state index is 13.2. The van der Waals surface area contributed by atoms with Crippen LogP contribution in [0.5, 0.6) is 5.75 Å². The summed E-state index contributed by atoms with van der Waals surface area (Å²) in [6.45, 7) is 4.61. The standard InChI is InChI=1S/C24H24O5/c1-3-6-17-22(25)20-12-15(24(26)27)9-10-21(20)29-23(17)19-13-18(19)14-7-5-8-16(11-14)28-4-2/h5,7-12,18-19H,3-4,6,13H2,1-2H3,(H,26,27). The van der Waals surface area contributed by atoms with Crippen molar-refractivity contribution in [3.63, 3.8) is 0 Å². The first-order chi connectivity index (χ1) is 14.0. The fraction of sp³-hybridized carbons (Fsp3) is 0.333. The Morgan fingerprint density at radius 3 is 2.72 bits per heavy atom. The number of ether oxygens (including phenoxy) is 1. The van der Waals surface area contributed by atoms with E-state index in [2.05, 4.69) is 12.1 Å². The van der Waals surface area contributed by atoms with E-state index in [1.807, 2.05) is 26.0 Å². The number of hydrogen-bond acceptors (Lipinski definition) is 4. The zero-order valence-corrected chi connectivity index (χ0v) is 16.6. The normalized spacial score (nSPS) is 18.0. The van der Waals surface area contributed by atoms with Crippen molar-refractivity contribution in [2.24, 2.45) is 0 Å². The summed E-state index contributed by atoms with van der Waals surface area (Å²) in [6, 6.07) is 12.6. The van der Waals surface area contributed by atoms with Gasteiger partial charge in [-0.15, -0.1) is 0 Å². The molecule has 2 aromatic carbocycles. The molecule has 0 radical (unpaired) electrons.